The van der Waals surface area contributed by atoms with Crippen LogP contribution in [0.5, 0.6) is 0 Å². The molecule has 0 saturated heterocycles. The van der Waals surface area contributed by atoms with Crippen LogP contribution in [0.15, 0.2) is 41.9 Å². The Morgan fingerprint density at radius 1 is 1.24 bits per heavy atom. The molecule has 0 amide bonds. The second kappa shape index (κ2) is 4.44. The van der Waals surface area contributed by atoms with Crippen molar-refractivity contribution in [3.8, 4) is 0 Å². The lowest BCUT2D eigenvalue weighted by Gasteiger charge is -2.17. The average Bonchev–Trinajstić information content (AvgIpc) is 2.68. The van der Waals surface area contributed by atoms with Gasteiger partial charge in [-0.3, -0.25) is 0 Å². The Hall–Kier alpha value is -1.44. The van der Waals surface area contributed by atoms with E-state index in [0.29, 0.717) is 5.92 Å². The van der Waals surface area contributed by atoms with E-state index in [1.165, 1.54) is 11.1 Å². The summed E-state index contributed by atoms with van der Waals surface area (Å²) in [5, 5.41) is 0. The zero-order chi connectivity index (χ0) is 11.7. The van der Waals surface area contributed by atoms with Crippen molar-refractivity contribution in [3.05, 3.63) is 47.4 Å². The number of benzene rings is 1. The first-order valence-electron chi connectivity index (χ1n) is 6.41. The summed E-state index contributed by atoms with van der Waals surface area (Å²) < 4.78 is 11.4. The van der Waals surface area contributed by atoms with Crippen molar-refractivity contribution in [3.63, 3.8) is 0 Å². The average molecular weight is 230 g/mol. The zero-order valence-corrected chi connectivity index (χ0v) is 10.2. The Morgan fingerprint density at radius 2 is 2.06 bits per heavy atom. The van der Waals surface area contributed by atoms with Crippen LogP contribution in [-0.2, 0) is 15.9 Å². The fourth-order valence-electron chi connectivity index (χ4n) is 2.76. The predicted octanol–water partition coefficient (Wildman–Crippen LogP) is 3.29. The molecule has 0 aromatic heterocycles. The van der Waals surface area contributed by atoms with E-state index in [2.05, 4.69) is 37.3 Å². The molecule has 0 saturated carbocycles. The van der Waals surface area contributed by atoms with Crippen LogP contribution in [0, 0.1) is 5.92 Å². The van der Waals surface area contributed by atoms with Gasteiger partial charge < -0.3 is 9.47 Å². The molecule has 2 heteroatoms. The first-order chi connectivity index (χ1) is 8.34. The lowest BCUT2D eigenvalue weighted by atomic mass is 9.87. The van der Waals surface area contributed by atoms with E-state index in [-0.39, 0.29) is 6.10 Å². The quantitative estimate of drug-likeness (QED) is 0.776. The SMILES string of the molecule is CC1OC2=C(CCCO2)C1Cc1ccccc1. The van der Waals surface area contributed by atoms with Crippen LogP contribution >= 0.6 is 0 Å². The van der Waals surface area contributed by atoms with E-state index in [0.717, 1.165) is 31.8 Å². The molecule has 2 aliphatic heterocycles. The first kappa shape index (κ1) is 10.7. The van der Waals surface area contributed by atoms with E-state index in [1.54, 1.807) is 0 Å². The summed E-state index contributed by atoms with van der Waals surface area (Å²) in [6.45, 7) is 2.96. The lowest BCUT2D eigenvalue weighted by molar-refractivity contribution is 0.00752. The van der Waals surface area contributed by atoms with Crippen LogP contribution in [0.3, 0.4) is 0 Å². The van der Waals surface area contributed by atoms with Gasteiger partial charge in [0.1, 0.15) is 6.10 Å². The highest BCUT2D eigenvalue weighted by molar-refractivity contribution is 5.23. The first-order valence-corrected chi connectivity index (χ1v) is 6.41. The summed E-state index contributed by atoms with van der Waals surface area (Å²) in [7, 11) is 0. The van der Waals surface area contributed by atoms with E-state index in [4.69, 9.17) is 9.47 Å². The zero-order valence-electron chi connectivity index (χ0n) is 10.2. The van der Waals surface area contributed by atoms with Crippen LogP contribution in [-0.4, -0.2) is 12.7 Å². The van der Waals surface area contributed by atoms with Crippen molar-refractivity contribution in [2.75, 3.05) is 6.61 Å². The minimum atomic E-state index is 0.248. The van der Waals surface area contributed by atoms with Gasteiger partial charge in [0.25, 0.3) is 5.95 Å². The highest BCUT2D eigenvalue weighted by Crippen LogP contribution is 2.38. The molecule has 2 nitrogen and oxygen atoms in total. The smallest absolute Gasteiger partial charge is 0.278 e. The fraction of sp³-hybridized carbons (Fsp3) is 0.467. The maximum Gasteiger partial charge on any atom is 0.278 e. The molecule has 1 aromatic rings. The molecule has 0 radical (unpaired) electrons. The molecule has 1 aromatic carbocycles. The molecule has 0 fully saturated rings. The normalized spacial score (nSPS) is 27.4. The molecule has 0 N–H and O–H groups in total. The fourth-order valence-corrected chi connectivity index (χ4v) is 2.76. The second-order valence-corrected chi connectivity index (χ2v) is 4.88. The van der Waals surface area contributed by atoms with Crippen molar-refractivity contribution in [2.45, 2.75) is 32.3 Å². The van der Waals surface area contributed by atoms with Gasteiger partial charge in [-0.25, -0.2) is 0 Å². The van der Waals surface area contributed by atoms with Crippen molar-refractivity contribution in [2.24, 2.45) is 5.92 Å². The van der Waals surface area contributed by atoms with Gasteiger partial charge in [0.05, 0.1) is 6.61 Å². The van der Waals surface area contributed by atoms with Crippen LogP contribution in [0.1, 0.15) is 25.3 Å². The summed E-state index contributed by atoms with van der Waals surface area (Å²) in [5.74, 6) is 1.32. The molecular weight excluding hydrogens is 212 g/mol. The van der Waals surface area contributed by atoms with Gasteiger partial charge in [-0.15, -0.1) is 0 Å². The summed E-state index contributed by atoms with van der Waals surface area (Å²) in [5.41, 5.74) is 2.78. The molecule has 2 heterocycles. The molecule has 0 bridgehead atoms. The minimum Gasteiger partial charge on any atom is -0.465 e. The summed E-state index contributed by atoms with van der Waals surface area (Å²) in [6, 6.07) is 10.6. The second-order valence-electron chi connectivity index (χ2n) is 4.88. The Balaban J connectivity index is 1.80. The summed E-state index contributed by atoms with van der Waals surface area (Å²) in [4.78, 5) is 0. The number of hydrogen-bond donors (Lipinski definition) is 0. The molecule has 0 aliphatic carbocycles. The van der Waals surface area contributed by atoms with Gasteiger partial charge in [0.15, 0.2) is 0 Å². The van der Waals surface area contributed by atoms with Gasteiger partial charge in [-0.05, 0) is 31.7 Å². The summed E-state index contributed by atoms with van der Waals surface area (Å²) >= 11 is 0. The van der Waals surface area contributed by atoms with Gasteiger partial charge in [0.2, 0.25) is 0 Å². The molecular formula is C15H18O2. The topological polar surface area (TPSA) is 18.5 Å². The Labute approximate surface area is 102 Å². The van der Waals surface area contributed by atoms with Crippen molar-refractivity contribution >= 4 is 0 Å². The third-order valence-corrected chi connectivity index (χ3v) is 3.69. The lowest BCUT2D eigenvalue weighted by Crippen LogP contribution is -2.17. The molecule has 2 aliphatic rings. The molecule has 0 spiro atoms. The Morgan fingerprint density at radius 3 is 2.88 bits per heavy atom. The summed E-state index contributed by atoms with van der Waals surface area (Å²) in [6.07, 6.45) is 3.57. The Kier molecular flexibility index (Phi) is 2.79. The van der Waals surface area contributed by atoms with Crippen molar-refractivity contribution in [1.82, 2.24) is 0 Å². The van der Waals surface area contributed by atoms with Crippen molar-refractivity contribution < 1.29 is 9.47 Å². The molecule has 17 heavy (non-hydrogen) atoms. The standard InChI is InChI=1S/C15H18O2/c1-11-14(10-12-6-3-2-4-7-12)13-8-5-9-16-15(13)17-11/h2-4,6-7,11,14H,5,8-10H2,1H3. The molecule has 90 valence electrons. The molecule has 3 rings (SSSR count). The Bertz CT molecular complexity index is 422. The van der Waals surface area contributed by atoms with Crippen LogP contribution < -0.4 is 0 Å². The van der Waals surface area contributed by atoms with Crippen LogP contribution in [0.2, 0.25) is 0 Å². The van der Waals surface area contributed by atoms with Gasteiger partial charge >= 0.3 is 0 Å². The van der Waals surface area contributed by atoms with Crippen molar-refractivity contribution in [1.29, 1.82) is 0 Å². The van der Waals surface area contributed by atoms with Crippen LogP contribution in [0.4, 0.5) is 0 Å². The third-order valence-electron chi connectivity index (χ3n) is 3.69. The highest BCUT2D eigenvalue weighted by atomic mass is 16.7. The van der Waals surface area contributed by atoms with E-state index in [9.17, 15) is 0 Å². The minimum absolute atomic E-state index is 0.248. The van der Waals surface area contributed by atoms with E-state index in [1.807, 2.05) is 0 Å². The van der Waals surface area contributed by atoms with Gasteiger partial charge in [-0.2, -0.15) is 0 Å². The van der Waals surface area contributed by atoms with Gasteiger partial charge in [-0.1, -0.05) is 30.3 Å². The maximum absolute atomic E-state index is 5.81. The highest BCUT2D eigenvalue weighted by Gasteiger charge is 2.36. The largest absolute Gasteiger partial charge is 0.465 e. The third kappa shape index (κ3) is 2.04. The number of ether oxygens (including phenoxy) is 2. The monoisotopic (exact) mass is 230 g/mol. The van der Waals surface area contributed by atoms with E-state index >= 15 is 0 Å². The van der Waals surface area contributed by atoms with Gasteiger partial charge in [0, 0.05) is 11.5 Å². The van der Waals surface area contributed by atoms with Crippen LogP contribution in [0.25, 0.3) is 0 Å². The molecule has 2 unspecified atom stereocenters. The number of hydrogen-bond acceptors (Lipinski definition) is 2. The van der Waals surface area contributed by atoms with E-state index < -0.39 is 0 Å². The molecule has 2 atom stereocenters. The predicted molar refractivity (Wildman–Crippen MR) is 66.4 cm³/mol. The maximum atomic E-state index is 5.81. The number of rotatable bonds is 2.